The van der Waals surface area contributed by atoms with Gasteiger partial charge in [0, 0.05) is 18.0 Å². The van der Waals surface area contributed by atoms with Crippen LogP contribution in [0.3, 0.4) is 0 Å². The van der Waals surface area contributed by atoms with E-state index in [0.717, 1.165) is 5.56 Å². The Hall–Kier alpha value is -2.28. The third-order valence-electron chi connectivity index (χ3n) is 3.08. The van der Waals surface area contributed by atoms with Gasteiger partial charge < -0.3 is 20.3 Å². The number of aliphatic hydroxyl groups excluding tert-OH is 2. The molecule has 2 atom stereocenters. The van der Waals surface area contributed by atoms with Crippen molar-refractivity contribution in [3.8, 4) is 0 Å². The fourth-order valence-electron chi connectivity index (χ4n) is 1.99. The summed E-state index contributed by atoms with van der Waals surface area (Å²) in [6.07, 6.45) is -2.50. The van der Waals surface area contributed by atoms with Crippen LogP contribution in [0.4, 0.5) is 4.79 Å². The van der Waals surface area contributed by atoms with Gasteiger partial charge in [0.05, 0.1) is 6.10 Å². The van der Waals surface area contributed by atoms with Gasteiger partial charge in [-0.05, 0) is 43.9 Å². The van der Waals surface area contributed by atoms with E-state index in [0.29, 0.717) is 5.56 Å². The zero-order valence-electron chi connectivity index (χ0n) is 14.1. The first-order valence-corrected chi connectivity index (χ1v) is 7.65. The molecule has 0 radical (unpaired) electrons. The zero-order valence-corrected chi connectivity index (χ0v) is 14.1. The number of nitrogens with one attached hydrogen (secondary N) is 1. The summed E-state index contributed by atoms with van der Waals surface area (Å²) in [5, 5.41) is 26.0. The van der Waals surface area contributed by atoms with Gasteiger partial charge in [-0.25, -0.2) is 4.79 Å². The largest absolute Gasteiger partial charge is 0.444 e. The second-order valence-electron chi connectivity index (χ2n) is 6.36. The molecule has 3 N–H and O–H groups in total. The minimum absolute atomic E-state index is 0.106. The Bertz CT molecular complexity index is 594. The molecule has 0 aliphatic carbocycles. The summed E-state index contributed by atoms with van der Waals surface area (Å²) in [4.78, 5) is 14.2. The average Bonchev–Trinajstić information content (AvgIpc) is 2.51. The van der Waals surface area contributed by atoms with Gasteiger partial charge in [0.2, 0.25) is 0 Å². The van der Waals surface area contributed by atoms with Crippen LogP contribution in [-0.4, -0.2) is 34.6 Å². The predicted octanol–water partition coefficient (Wildman–Crippen LogP) is 2.81. The van der Waals surface area contributed by atoms with E-state index in [9.17, 15) is 15.0 Å². The molecular weight excluding hydrogens is 312 g/mol. The lowest BCUT2D eigenvalue weighted by Gasteiger charge is -2.20. The van der Waals surface area contributed by atoms with E-state index >= 15 is 0 Å². The fraction of sp³-hybridized carbons (Fsp3) is 0.562. The molecule has 0 saturated heterocycles. The monoisotopic (exact) mass is 336 g/mol. The van der Waals surface area contributed by atoms with Gasteiger partial charge in [-0.15, -0.1) is 0 Å². The molecule has 1 amide bonds. The van der Waals surface area contributed by atoms with Gasteiger partial charge >= 0.3 is 6.09 Å². The normalized spacial score (nSPS) is 13.5. The van der Waals surface area contributed by atoms with Crippen molar-refractivity contribution in [2.24, 2.45) is 5.11 Å². The van der Waals surface area contributed by atoms with Crippen LogP contribution in [0.1, 0.15) is 44.4 Å². The van der Waals surface area contributed by atoms with E-state index in [1.807, 2.05) is 0 Å². The zero-order chi connectivity index (χ0) is 18.2. The Morgan fingerprint density at radius 3 is 2.75 bits per heavy atom. The summed E-state index contributed by atoms with van der Waals surface area (Å²) in [5.74, 6) is 0. The summed E-state index contributed by atoms with van der Waals surface area (Å²) in [6.45, 7) is 5.68. The van der Waals surface area contributed by atoms with Crippen LogP contribution in [-0.2, 0) is 11.3 Å². The Labute approximate surface area is 141 Å². The summed E-state index contributed by atoms with van der Waals surface area (Å²) in [6, 6.07) is 6.89. The highest BCUT2D eigenvalue weighted by Gasteiger charge is 2.19. The van der Waals surface area contributed by atoms with Gasteiger partial charge in [-0.2, -0.15) is 0 Å². The average molecular weight is 336 g/mol. The van der Waals surface area contributed by atoms with Crippen molar-refractivity contribution in [1.82, 2.24) is 5.32 Å². The van der Waals surface area contributed by atoms with E-state index < -0.39 is 23.9 Å². The van der Waals surface area contributed by atoms with Crippen LogP contribution in [0.25, 0.3) is 10.4 Å². The highest BCUT2D eigenvalue weighted by Crippen LogP contribution is 2.20. The van der Waals surface area contributed by atoms with E-state index in [1.54, 1.807) is 45.0 Å². The number of carbonyl (C=O) groups is 1. The van der Waals surface area contributed by atoms with Gasteiger partial charge in [0.15, 0.2) is 0 Å². The van der Waals surface area contributed by atoms with Crippen LogP contribution in [0, 0.1) is 0 Å². The van der Waals surface area contributed by atoms with E-state index in [2.05, 4.69) is 15.3 Å². The van der Waals surface area contributed by atoms with Crippen LogP contribution < -0.4 is 5.32 Å². The maximum Gasteiger partial charge on any atom is 0.407 e. The number of hydrogen-bond acceptors (Lipinski definition) is 5. The molecular formula is C16H24N4O4. The Morgan fingerprint density at radius 1 is 1.42 bits per heavy atom. The van der Waals surface area contributed by atoms with Gasteiger partial charge in [-0.3, -0.25) is 0 Å². The maximum atomic E-state index is 11.6. The Morgan fingerprint density at radius 2 is 2.12 bits per heavy atom. The predicted molar refractivity (Wildman–Crippen MR) is 89.1 cm³/mol. The van der Waals surface area contributed by atoms with Crippen molar-refractivity contribution in [2.75, 3.05) is 6.54 Å². The number of rotatable bonds is 7. The smallest absolute Gasteiger partial charge is 0.407 e. The molecule has 0 heterocycles. The first kappa shape index (κ1) is 19.8. The Balaban J connectivity index is 2.62. The molecule has 24 heavy (non-hydrogen) atoms. The highest BCUT2D eigenvalue weighted by molar-refractivity contribution is 5.67. The summed E-state index contributed by atoms with van der Waals surface area (Å²) in [7, 11) is 0. The molecule has 0 spiro atoms. The number of aliphatic hydroxyl groups is 2. The number of nitrogens with zero attached hydrogens (tertiary/aromatic N) is 3. The Kier molecular flexibility index (Phi) is 7.51. The first-order chi connectivity index (χ1) is 11.2. The van der Waals surface area contributed by atoms with Crippen molar-refractivity contribution in [1.29, 1.82) is 0 Å². The van der Waals surface area contributed by atoms with Crippen LogP contribution in [0.5, 0.6) is 0 Å². The highest BCUT2D eigenvalue weighted by atomic mass is 16.6. The molecule has 132 valence electrons. The summed E-state index contributed by atoms with van der Waals surface area (Å²) in [5.41, 5.74) is 8.93. The molecule has 1 aromatic carbocycles. The molecule has 0 aliphatic heterocycles. The number of alkyl carbamates (subject to hydrolysis) is 1. The number of carbonyl (C=O) groups excluding carboxylic acids is 1. The quantitative estimate of drug-likeness (QED) is 0.402. The van der Waals surface area contributed by atoms with Crippen molar-refractivity contribution in [2.45, 2.75) is 51.5 Å². The topological polar surface area (TPSA) is 128 Å². The van der Waals surface area contributed by atoms with E-state index in [4.69, 9.17) is 10.3 Å². The molecule has 1 rings (SSSR count). The van der Waals surface area contributed by atoms with Crippen LogP contribution in [0.2, 0.25) is 0 Å². The SMILES string of the molecule is CC(C)(C)OC(=O)NCc1cccc(C(O)C(O)CCN=[N+]=[N-])c1. The van der Waals surface area contributed by atoms with Gasteiger partial charge in [0.1, 0.15) is 11.7 Å². The van der Waals surface area contributed by atoms with E-state index in [1.165, 1.54) is 0 Å². The standard InChI is InChI=1S/C16H24N4O4/c1-16(2,3)24-15(23)18-10-11-5-4-6-12(9-11)14(22)13(21)7-8-19-20-17/h4-6,9,13-14,21-22H,7-8,10H2,1-3H3,(H,18,23). The van der Waals surface area contributed by atoms with Crippen molar-refractivity contribution < 1.29 is 19.7 Å². The van der Waals surface area contributed by atoms with E-state index in [-0.39, 0.29) is 19.5 Å². The minimum atomic E-state index is -1.10. The third kappa shape index (κ3) is 7.32. The fourth-order valence-corrected chi connectivity index (χ4v) is 1.99. The lowest BCUT2D eigenvalue weighted by molar-refractivity contribution is 0.0150. The number of amides is 1. The molecule has 0 aromatic heterocycles. The van der Waals surface area contributed by atoms with Crippen molar-refractivity contribution in [3.63, 3.8) is 0 Å². The molecule has 2 unspecified atom stereocenters. The number of azide groups is 1. The molecule has 0 saturated carbocycles. The summed E-state index contributed by atoms with van der Waals surface area (Å²) >= 11 is 0. The number of benzene rings is 1. The van der Waals surface area contributed by atoms with Crippen molar-refractivity contribution in [3.05, 3.63) is 45.8 Å². The van der Waals surface area contributed by atoms with Crippen molar-refractivity contribution >= 4 is 6.09 Å². The van der Waals surface area contributed by atoms with Gasteiger partial charge in [0.25, 0.3) is 0 Å². The number of hydrogen-bond donors (Lipinski definition) is 3. The minimum Gasteiger partial charge on any atom is -0.444 e. The second-order valence-corrected chi connectivity index (χ2v) is 6.36. The molecule has 8 heteroatoms. The molecule has 0 aliphatic rings. The second kappa shape index (κ2) is 9.12. The first-order valence-electron chi connectivity index (χ1n) is 7.65. The number of ether oxygens (including phenoxy) is 1. The van der Waals surface area contributed by atoms with Gasteiger partial charge in [-0.1, -0.05) is 29.4 Å². The maximum absolute atomic E-state index is 11.6. The molecule has 8 nitrogen and oxygen atoms in total. The molecule has 1 aromatic rings. The summed E-state index contributed by atoms with van der Waals surface area (Å²) < 4.78 is 5.15. The third-order valence-corrected chi connectivity index (χ3v) is 3.08. The lowest BCUT2D eigenvalue weighted by Crippen LogP contribution is -2.32. The molecule has 0 fully saturated rings. The van der Waals surface area contributed by atoms with Crippen LogP contribution in [0.15, 0.2) is 29.4 Å². The lowest BCUT2D eigenvalue weighted by atomic mass is 10.00. The van der Waals surface area contributed by atoms with Crippen LogP contribution >= 0.6 is 0 Å². The molecule has 0 bridgehead atoms.